The summed E-state index contributed by atoms with van der Waals surface area (Å²) in [7, 11) is 0. The molecule has 2 aromatic rings. The molecule has 134 valence electrons. The van der Waals surface area contributed by atoms with Crippen LogP contribution in [0.3, 0.4) is 0 Å². The standard InChI is InChI=1S/C20H16F2O3S/c1-11-16(8-13-4-6-15(7-5-13)26(3)24)19-17(20(11)25-12(2)23)9-14(21)10-18(19)22/h4-10H,1-3H3/b16-8+. The van der Waals surface area contributed by atoms with E-state index in [2.05, 4.69) is 0 Å². The van der Waals surface area contributed by atoms with Gasteiger partial charge in [-0.15, -0.1) is 0 Å². The van der Waals surface area contributed by atoms with Crippen LogP contribution in [-0.4, -0.2) is 16.8 Å². The van der Waals surface area contributed by atoms with E-state index in [1.165, 1.54) is 6.92 Å². The van der Waals surface area contributed by atoms with Crippen molar-refractivity contribution in [1.29, 1.82) is 0 Å². The molecule has 0 amide bonds. The lowest BCUT2D eigenvalue weighted by Crippen LogP contribution is -1.99. The van der Waals surface area contributed by atoms with Crippen molar-refractivity contribution in [2.45, 2.75) is 18.7 Å². The number of hydrogen-bond acceptors (Lipinski definition) is 3. The summed E-state index contributed by atoms with van der Waals surface area (Å²) in [5.41, 5.74) is 2.23. The van der Waals surface area contributed by atoms with E-state index in [9.17, 15) is 18.1 Å². The van der Waals surface area contributed by atoms with Gasteiger partial charge in [-0.25, -0.2) is 8.78 Å². The van der Waals surface area contributed by atoms with Crippen LogP contribution in [0, 0.1) is 11.6 Å². The van der Waals surface area contributed by atoms with E-state index in [-0.39, 0.29) is 16.9 Å². The van der Waals surface area contributed by atoms with E-state index in [0.29, 0.717) is 16.0 Å². The number of esters is 1. The molecule has 0 heterocycles. The van der Waals surface area contributed by atoms with Crippen LogP contribution in [0.5, 0.6) is 0 Å². The average Bonchev–Trinajstić information content (AvgIpc) is 2.80. The van der Waals surface area contributed by atoms with E-state index in [4.69, 9.17) is 4.74 Å². The van der Waals surface area contributed by atoms with Crippen LogP contribution >= 0.6 is 0 Å². The minimum Gasteiger partial charge on any atom is -0.612 e. The fourth-order valence-corrected chi connectivity index (χ4v) is 3.44. The number of benzene rings is 2. The minimum absolute atomic E-state index is 0.156. The molecule has 1 atom stereocenters. The zero-order valence-corrected chi connectivity index (χ0v) is 15.2. The van der Waals surface area contributed by atoms with Crippen molar-refractivity contribution in [2.75, 3.05) is 6.26 Å². The summed E-state index contributed by atoms with van der Waals surface area (Å²) in [4.78, 5) is 12.1. The summed E-state index contributed by atoms with van der Waals surface area (Å²) < 4.78 is 44.9. The average molecular weight is 374 g/mol. The highest BCUT2D eigenvalue weighted by atomic mass is 32.2. The Morgan fingerprint density at radius 2 is 1.85 bits per heavy atom. The Kier molecular flexibility index (Phi) is 4.98. The van der Waals surface area contributed by atoms with Crippen molar-refractivity contribution in [3.05, 3.63) is 70.3 Å². The van der Waals surface area contributed by atoms with Crippen LogP contribution in [0.1, 0.15) is 30.5 Å². The second-order valence-corrected chi connectivity index (χ2v) is 7.32. The maximum absolute atomic E-state index is 14.5. The highest BCUT2D eigenvalue weighted by Gasteiger charge is 2.30. The number of fused-ring (bicyclic) bond motifs is 1. The summed E-state index contributed by atoms with van der Waals surface area (Å²) in [6.07, 6.45) is 3.32. The first-order chi connectivity index (χ1) is 12.3. The summed E-state index contributed by atoms with van der Waals surface area (Å²) in [5.74, 6) is -1.87. The fraction of sp³-hybridized carbons (Fsp3) is 0.150. The summed E-state index contributed by atoms with van der Waals surface area (Å²) in [5, 5.41) is 0. The third-order valence-electron chi connectivity index (χ3n) is 4.08. The molecule has 1 aliphatic carbocycles. The van der Waals surface area contributed by atoms with E-state index in [1.807, 2.05) is 0 Å². The van der Waals surface area contributed by atoms with Gasteiger partial charge in [-0.3, -0.25) is 4.79 Å². The van der Waals surface area contributed by atoms with Crippen molar-refractivity contribution >= 4 is 34.6 Å². The van der Waals surface area contributed by atoms with Crippen LogP contribution in [0.25, 0.3) is 17.4 Å². The second-order valence-electron chi connectivity index (χ2n) is 5.94. The molecule has 6 heteroatoms. The van der Waals surface area contributed by atoms with E-state index in [0.717, 1.165) is 17.7 Å². The van der Waals surface area contributed by atoms with Crippen molar-refractivity contribution in [1.82, 2.24) is 0 Å². The Labute approximate surface area is 153 Å². The van der Waals surface area contributed by atoms with Crippen molar-refractivity contribution < 1.29 is 22.9 Å². The molecule has 26 heavy (non-hydrogen) atoms. The molecule has 0 N–H and O–H groups in total. The van der Waals surface area contributed by atoms with E-state index >= 15 is 0 Å². The normalized spacial score (nSPS) is 16.0. The molecule has 0 aromatic heterocycles. The van der Waals surface area contributed by atoms with Gasteiger partial charge in [-0.05, 0) is 65.6 Å². The topological polar surface area (TPSA) is 49.4 Å². The van der Waals surface area contributed by atoms with E-state index < -0.39 is 28.8 Å². The second kappa shape index (κ2) is 7.05. The highest BCUT2D eigenvalue weighted by Crippen LogP contribution is 2.44. The first-order valence-electron chi connectivity index (χ1n) is 7.82. The maximum atomic E-state index is 14.5. The molecule has 0 aliphatic heterocycles. The Bertz CT molecular complexity index is 944. The third kappa shape index (κ3) is 3.43. The van der Waals surface area contributed by atoms with Crippen LogP contribution < -0.4 is 0 Å². The lowest BCUT2D eigenvalue weighted by Gasteiger charge is -2.07. The van der Waals surface area contributed by atoms with Gasteiger partial charge in [-0.1, -0.05) is 0 Å². The van der Waals surface area contributed by atoms with E-state index in [1.54, 1.807) is 43.5 Å². The molecule has 0 radical (unpaired) electrons. The molecule has 3 nitrogen and oxygen atoms in total. The highest BCUT2D eigenvalue weighted by molar-refractivity contribution is 7.90. The van der Waals surface area contributed by atoms with Gasteiger partial charge in [0, 0.05) is 29.7 Å². The van der Waals surface area contributed by atoms with Crippen LogP contribution in [0.2, 0.25) is 0 Å². The van der Waals surface area contributed by atoms with Gasteiger partial charge in [0.15, 0.2) is 4.90 Å². The number of hydrogen-bond donors (Lipinski definition) is 0. The lowest BCUT2D eigenvalue weighted by molar-refractivity contribution is -0.134. The number of halogens is 2. The van der Waals surface area contributed by atoms with Gasteiger partial charge in [-0.2, -0.15) is 0 Å². The van der Waals surface area contributed by atoms with Gasteiger partial charge in [0.1, 0.15) is 23.6 Å². The third-order valence-corrected chi connectivity index (χ3v) is 5.02. The Morgan fingerprint density at radius 1 is 1.19 bits per heavy atom. The monoisotopic (exact) mass is 374 g/mol. The van der Waals surface area contributed by atoms with Gasteiger partial charge in [0.25, 0.3) is 0 Å². The smallest absolute Gasteiger partial charge is 0.308 e. The molecule has 1 aliphatic rings. The molecular formula is C20H16F2O3S. The summed E-state index contributed by atoms with van der Waals surface area (Å²) >= 11 is -1.09. The first kappa shape index (κ1) is 18.4. The molecule has 0 bridgehead atoms. The predicted molar refractivity (Wildman–Crippen MR) is 97.4 cm³/mol. The SMILES string of the molecule is CC(=O)OC1=C(C)/C(=C\c2ccc([S+](C)[O-])cc2)c2c(F)cc(F)cc21. The van der Waals surface area contributed by atoms with Gasteiger partial charge in [0.2, 0.25) is 0 Å². The lowest BCUT2D eigenvalue weighted by atomic mass is 10.00. The maximum Gasteiger partial charge on any atom is 0.308 e. The van der Waals surface area contributed by atoms with Gasteiger partial charge >= 0.3 is 5.97 Å². The van der Waals surface area contributed by atoms with Crippen molar-refractivity contribution in [3.8, 4) is 0 Å². The molecule has 0 fully saturated rings. The first-order valence-corrected chi connectivity index (χ1v) is 9.38. The quantitative estimate of drug-likeness (QED) is 0.585. The number of carbonyl (C=O) groups excluding carboxylic acids is 1. The molecule has 1 unspecified atom stereocenters. The van der Waals surface area contributed by atoms with Gasteiger partial charge < -0.3 is 9.29 Å². The Balaban J connectivity index is 2.15. The Hall–Kier alpha value is -2.44. The Morgan fingerprint density at radius 3 is 2.42 bits per heavy atom. The predicted octanol–water partition coefficient (Wildman–Crippen LogP) is 4.55. The number of ether oxygens (including phenoxy) is 1. The van der Waals surface area contributed by atoms with Crippen molar-refractivity contribution in [2.24, 2.45) is 0 Å². The van der Waals surface area contributed by atoms with Crippen LogP contribution in [0.15, 0.2) is 46.9 Å². The molecule has 0 saturated carbocycles. The van der Waals surface area contributed by atoms with Crippen LogP contribution in [0.4, 0.5) is 8.78 Å². The molecule has 0 saturated heterocycles. The summed E-state index contributed by atoms with van der Waals surface area (Å²) in [6, 6.07) is 8.95. The zero-order chi connectivity index (χ0) is 19.0. The fourth-order valence-electron chi connectivity index (χ4n) is 2.92. The zero-order valence-electron chi connectivity index (χ0n) is 14.4. The van der Waals surface area contributed by atoms with Gasteiger partial charge in [0.05, 0.1) is 0 Å². The van der Waals surface area contributed by atoms with Crippen molar-refractivity contribution in [3.63, 3.8) is 0 Å². The largest absolute Gasteiger partial charge is 0.612 e. The number of rotatable bonds is 3. The number of allylic oxidation sites excluding steroid dienone is 2. The van der Waals surface area contributed by atoms with Crippen LogP contribution in [-0.2, 0) is 20.7 Å². The molecular weight excluding hydrogens is 358 g/mol. The molecule has 0 spiro atoms. The minimum atomic E-state index is -1.09. The summed E-state index contributed by atoms with van der Waals surface area (Å²) in [6.45, 7) is 2.93. The molecule has 3 rings (SSSR count). The number of carbonyl (C=O) groups is 1. The molecule has 2 aromatic carbocycles.